The van der Waals surface area contributed by atoms with E-state index in [1.165, 1.54) is 35.6 Å². The van der Waals surface area contributed by atoms with Gasteiger partial charge in [0.25, 0.3) is 5.91 Å². The lowest BCUT2D eigenvalue weighted by Gasteiger charge is -2.04. The average Bonchev–Trinajstić information content (AvgIpc) is 3.30. The highest BCUT2D eigenvalue weighted by Crippen LogP contribution is 2.30. The molecule has 2 aromatic carbocycles. The van der Waals surface area contributed by atoms with Crippen molar-refractivity contribution in [2.75, 3.05) is 17.7 Å². The summed E-state index contributed by atoms with van der Waals surface area (Å²) in [5, 5.41) is 13.3. The molecule has 4 aromatic rings. The molecule has 0 aliphatic rings. The first kappa shape index (κ1) is 19.6. The molecule has 0 saturated carbocycles. The van der Waals surface area contributed by atoms with E-state index in [1.807, 2.05) is 6.07 Å². The van der Waals surface area contributed by atoms with Gasteiger partial charge < -0.3 is 15.4 Å². The van der Waals surface area contributed by atoms with Crippen LogP contribution in [0.2, 0.25) is 0 Å². The zero-order chi connectivity index (χ0) is 21.1. The van der Waals surface area contributed by atoms with Crippen LogP contribution >= 0.6 is 11.3 Å². The van der Waals surface area contributed by atoms with Crippen molar-refractivity contribution >= 4 is 44.9 Å². The molecule has 0 aliphatic heterocycles. The fraction of sp³-hybridized carbons (Fsp3) is 0.0952. The van der Waals surface area contributed by atoms with E-state index in [0.717, 1.165) is 10.3 Å². The number of rotatable bonds is 6. The summed E-state index contributed by atoms with van der Waals surface area (Å²) < 4.78 is 18.1. The fourth-order valence-corrected chi connectivity index (χ4v) is 3.86. The van der Waals surface area contributed by atoms with Gasteiger partial charge in [0, 0.05) is 16.1 Å². The Morgan fingerprint density at radius 1 is 1.10 bits per heavy atom. The SMILES string of the molecule is COc1ccc(C(=O)Nc2[nH]nc3sc(CC(=O)Nc4ccc(F)cc4)cc23)cc1. The molecule has 2 heterocycles. The molecule has 0 saturated heterocycles. The van der Waals surface area contributed by atoms with Crippen LogP contribution in [0, 0.1) is 5.82 Å². The highest BCUT2D eigenvalue weighted by Gasteiger charge is 2.15. The van der Waals surface area contributed by atoms with E-state index in [1.54, 1.807) is 31.4 Å². The van der Waals surface area contributed by atoms with Crippen molar-refractivity contribution in [2.45, 2.75) is 6.42 Å². The second kappa shape index (κ2) is 8.34. The molecule has 30 heavy (non-hydrogen) atoms. The summed E-state index contributed by atoms with van der Waals surface area (Å²) in [4.78, 5) is 26.2. The number of hydrogen-bond donors (Lipinski definition) is 3. The first-order chi connectivity index (χ1) is 14.5. The second-order valence-corrected chi connectivity index (χ2v) is 7.56. The van der Waals surface area contributed by atoms with Gasteiger partial charge in [-0.25, -0.2) is 4.39 Å². The van der Waals surface area contributed by atoms with Crippen LogP contribution in [0.5, 0.6) is 5.75 Å². The van der Waals surface area contributed by atoms with Crippen LogP contribution in [0.15, 0.2) is 54.6 Å². The number of methoxy groups -OCH3 is 1. The molecule has 2 aromatic heterocycles. The Bertz CT molecular complexity index is 1200. The van der Waals surface area contributed by atoms with Crippen LogP contribution in [0.3, 0.4) is 0 Å². The minimum Gasteiger partial charge on any atom is -0.497 e. The van der Waals surface area contributed by atoms with Gasteiger partial charge in [-0.05, 0) is 54.6 Å². The molecule has 0 aliphatic carbocycles. The van der Waals surface area contributed by atoms with Gasteiger partial charge in [0.1, 0.15) is 22.2 Å². The Kier molecular flexibility index (Phi) is 5.44. The lowest BCUT2D eigenvalue weighted by Crippen LogP contribution is -2.13. The number of halogens is 1. The molecular formula is C21H17FN4O3S. The summed E-state index contributed by atoms with van der Waals surface area (Å²) >= 11 is 1.36. The maximum absolute atomic E-state index is 13.0. The number of benzene rings is 2. The number of aromatic nitrogens is 2. The van der Waals surface area contributed by atoms with Crippen molar-refractivity contribution in [3.8, 4) is 5.75 Å². The Morgan fingerprint density at radius 3 is 2.53 bits per heavy atom. The number of hydrogen-bond acceptors (Lipinski definition) is 5. The number of nitrogens with one attached hydrogen (secondary N) is 3. The van der Waals surface area contributed by atoms with E-state index >= 15 is 0 Å². The molecule has 0 atom stereocenters. The molecule has 0 spiro atoms. The first-order valence-electron chi connectivity index (χ1n) is 8.99. The summed E-state index contributed by atoms with van der Waals surface area (Å²) in [5.41, 5.74) is 1.00. The quantitative estimate of drug-likeness (QED) is 0.432. The van der Waals surface area contributed by atoms with Gasteiger partial charge in [0.05, 0.1) is 18.9 Å². The van der Waals surface area contributed by atoms with E-state index in [2.05, 4.69) is 20.8 Å². The van der Waals surface area contributed by atoms with Crippen LogP contribution in [0.25, 0.3) is 10.2 Å². The van der Waals surface area contributed by atoms with Crippen LogP contribution in [-0.4, -0.2) is 29.1 Å². The number of aromatic amines is 1. The van der Waals surface area contributed by atoms with Gasteiger partial charge >= 0.3 is 0 Å². The predicted molar refractivity (Wildman–Crippen MR) is 114 cm³/mol. The lowest BCUT2D eigenvalue weighted by molar-refractivity contribution is -0.115. The van der Waals surface area contributed by atoms with E-state index in [9.17, 15) is 14.0 Å². The third-order valence-corrected chi connectivity index (χ3v) is 5.38. The van der Waals surface area contributed by atoms with Crippen molar-refractivity contribution in [2.24, 2.45) is 0 Å². The molecule has 152 valence electrons. The lowest BCUT2D eigenvalue weighted by atomic mass is 10.2. The second-order valence-electron chi connectivity index (χ2n) is 6.44. The Morgan fingerprint density at radius 2 is 1.83 bits per heavy atom. The monoisotopic (exact) mass is 424 g/mol. The largest absolute Gasteiger partial charge is 0.497 e. The number of amides is 2. The van der Waals surface area contributed by atoms with Crippen LogP contribution in [0.1, 0.15) is 15.2 Å². The summed E-state index contributed by atoms with van der Waals surface area (Å²) in [6.45, 7) is 0. The predicted octanol–water partition coefficient (Wildman–Crippen LogP) is 4.21. The first-order valence-corrected chi connectivity index (χ1v) is 9.81. The topological polar surface area (TPSA) is 96.1 Å². The number of fused-ring (bicyclic) bond motifs is 1. The highest BCUT2D eigenvalue weighted by atomic mass is 32.1. The van der Waals surface area contributed by atoms with Gasteiger partial charge in [0.15, 0.2) is 0 Å². The molecule has 9 heteroatoms. The number of ether oxygens (including phenoxy) is 1. The van der Waals surface area contributed by atoms with E-state index in [4.69, 9.17) is 4.74 Å². The summed E-state index contributed by atoms with van der Waals surface area (Å²) in [6.07, 6.45) is 0.143. The third kappa shape index (κ3) is 4.31. The highest BCUT2D eigenvalue weighted by molar-refractivity contribution is 7.18. The summed E-state index contributed by atoms with van der Waals surface area (Å²) in [5.74, 6) is 0.254. The number of carbonyl (C=O) groups is 2. The molecule has 7 nitrogen and oxygen atoms in total. The molecule has 2 amide bonds. The van der Waals surface area contributed by atoms with Crippen molar-refractivity contribution in [1.29, 1.82) is 0 Å². The van der Waals surface area contributed by atoms with E-state index in [-0.39, 0.29) is 24.1 Å². The molecule has 0 bridgehead atoms. The van der Waals surface area contributed by atoms with Crippen LogP contribution in [0.4, 0.5) is 15.9 Å². The zero-order valence-corrected chi connectivity index (χ0v) is 16.7. The Labute approximate surface area is 174 Å². The Hall–Kier alpha value is -3.72. The van der Waals surface area contributed by atoms with Gasteiger partial charge in [-0.15, -0.1) is 11.3 Å². The zero-order valence-electron chi connectivity index (χ0n) is 15.9. The summed E-state index contributed by atoms with van der Waals surface area (Å²) in [6, 6.07) is 14.1. The fourth-order valence-electron chi connectivity index (χ4n) is 2.87. The molecule has 3 N–H and O–H groups in total. The average molecular weight is 424 g/mol. The number of thiophene rings is 1. The third-order valence-electron chi connectivity index (χ3n) is 4.36. The Balaban J connectivity index is 1.44. The van der Waals surface area contributed by atoms with Crippen molar-refractivity contribution in [3.05, 3.63) is 70.9 Å². The van der Waals surface area contributed by atoms with Gasteiger partial charge in [-0.2, -0.15) is 5.10 Å². The standard InChI is InChI=1S/C21H17FN4O3S/c1-29-15-8-2-12(3-9-15)20(28)24-19-17-10-16(30-21(17)26-25-19)11-18(27)23-14-6-4-13(22)5-7-14/h2-10H,11H2,1H3,(H,23,27)(H2,24,25,26,28). The molecule has 0 fully saturated rings. The minimum atomic E-state index is -0.364. The molecule has 0 radical (unpaired) electrons. The van der Waals surface area contributed by atoms with E-state index in [0.29, 0.717) is 27.6 Å². The number of nitrogens with zero attached hydrogens (tertiary/aromatic N) is 1. The van der Waals surface area contributed by atoms with Gasteiger partial charge in [0.2, 0.25) is 5.91 Å². The molecule has 0 unspecified atom stereocenters. The van der Waals surface area contributed by atoms with Crippen LogP contribution < -0.4 is 15.4 Å². The van der Waals surface area contributed by atoms with Crippen molar-refractivity contribution < 1.29 is 18.7 Å². The van der Waals surface area contributed by atoms with Crippen molar-refractivity contribution in [1.82, 2.24) is 10.2 Å². The van der Waals surface area contributed by atoms with E-state index < -0.39 is 0 Å². The number of H-pyrrole nitrogens is 1. The van der Waals surface area contributed by atoms with Crippen molar-refractivity contribution in [3.63, 3.8) is 0 Å². The number of anilines is 2. The van der Waals surface area contributed by atoms with Gasteiger partial charge in [-0.3, -0.25) is 14.7 Å². The molecule has 4 rings (SSSR count). The van der Waals surface area contributed by atoms with Crippen LogP contribution in [-0.2, 0) is 11.2 Å². The summed E-state index contributed by atoms with van der Waals surface area (Å²) in [7, 11) is 1.56. The van der Waals surface area contributed by atoms with Gasteiger partial charge in [-0.1, -0.05) is 0 Å². The molecular weight excluding hydrogens is 407 g/mol. The normalized spacial score (nSPS) is 10.7. The minimum absolute atomic E-state index is 0.143. The smallest absolute Gasteiger partial charge is 0.256 e. The maximum Gasteiger partial charge on any atom is 0.256 e. The maximum atomic E-state index is 13.0. The number of carbonyl (C=O) groups excluding carboxylic acids is 2.